The molecule has 0 fully saturated rings. The van der Waals surface area contributed by atoms with E-state index in [9.17, 15) is 14.4 Å². The lowest BCUT2D eigenvalue weighted by atomic mass is 9.93. The standard InChI is InChI=1S/C17H15IO5/c1-3-13(19)15-11(16(20)14-6-5-7-23-14)8-10(18)9-12(15)17(21)22-4-2/h5-9H,3-4H2,1-2H3. The molecular formula is C17H15IO5. The van der Waals surface area contributed by atoms with Crippen molar-refractivity contribution in [2.24, 2.45) is 0 Å². The van der Waals surface area contributed by atoms with Crippen LogP contribution in [-0.4, -0.2) is 24.1 Å². The molecule has 23 heavy (non-hydrogen) atoms. The Morgan fingerprint density at radius 3 is 2.43 bits per heavy atom. The number of ketones is 2. The Labute approximate surface area is 147 Å². The van der Waals surface area contributed by atoms with Gasteiger partial charge in [0, 0.05) is 21.1 Å². The van der Waals surface area contributed by atoms with E-state index in [2.05, 4.69) is 0 Å². The number of carbonyl (C=O) groups is 3. The van der Waals surface area contributed by atoms with Crippen LogP contribution in [-0.2, 0) is 4.74 Å². The third-order valence-electron chi connectivity index (χ3n) is 3.19. The quantitative estimate of drug-likeness (QED) is 0.398. The normalized spacial score (nSPS) is 10.4. The van der Waals surface area contributed by atoms with Gasteiger partial charge in [0.15, 0.2) is 11.5 Å². The van der Waals surface area contributed by atoms with Gasteiger partial charge in [0.25, 0.3) is 0 Å². The molecule has 0 aliphatic heterocycles. The molecule has 120 valence electrons. The third-order valence-corrected chi connectivity index (χ3v) is 3.81. The topological polar surface area (TPSA) is 73.6 Å². The zero-order valence-corrected chi connectivity index (χ0v) is 14.9. The fourth-order valence-corrected chi connectivity index (χ4v) is 2.80. The van der Waals surface area contributed by atoms with Gasteiger partial charge in [0.2, 0.25) is 5.78 Å². The van der Waals surface area contributed by atoms with Crippen molar-refractivity contribution in [3.8, 4) is 0 Å². The first kappa shape index (κ1) is 17.4. The van der Waals surface area contributed by atoms with E-state index in [0.717, 1.165) is 0 Å². The Bertz CT molecular complexity index is 747. The molecule has 0 unspecified atom stereocenters. The van der Waals surface area contributed by atoms with Gasteiger partial charge >= 0.3 is 5.97 Å². The van der Waals surface area contributed by atoms with Crippen LogP contribution in [0.5, 0.6) is 0 Å². The van der Waals surface area contributed by atoms with E-state index in [-0.39, 0.29) is 41.3 Å². The van der Waals surface area contributed by atoms with E-state index in [4.69, 9.17) is 9.15 Å². The van der Waals surface area contributed by atoms with Crippen LogP contribution in [0.1, 0.15) is 57.1 Å². The molecule has 0 bridgehead atoms. The van der Waals surface area contributed by atoms with Crippen molar-refractivity contribution in [2.45, 2.75) is 20.3 Å². The number of hydrogen-bond donors (Lipinski definition) is 0. The lowest BCUT2D eigenvalue weighted by Crippen LogP contribution is -2.17. The zero-order chi connectivity index (χ0) is 17.0. The average Bonchev–Trinajstić information content (AvgIpc) is 3.07. The Kier molecular flexibility index (Phi) is 5.70. The summed E-state index contributed by atoms with van der Waals surface area (Å²) in [4.78, 5) is 37.2. The number of esters is 1. The minimum absolute atomic E-state index is 0.0905. The van der Waals surface area contributed by atoms with Crippen molar-refractivity contribution in [1.82, 2.24) is 0 Å². The maximum atomic E-state index is 12.6. The molecule has 0 spiro atoms. The molecule has 0 saturated carbocycles. The summed E-state index contributed by atoms with van der Waals surface area (Å²) in [5.74, 6) is -1.22. The van der Waals surface area contributed by atoms with Gasteiger partial charge in [-0.05, 0) is 53.8 Å². The van der Waals surface area contributed by atoms with E-state index in [1.54, 1.807) is 32.0 Å². The van der Waals surface area contributed by atoms with E-state index in [1.807, 2.05) is 22.6 Å². The number of hydrogen-bond acceptors (Lipinski definition) is 5. The van der Waals surface area contributed by atoms with Gasteiger partial charge in [-0.15, -0.1) is 0 Å². The minimum atomic E-state index is -0.615. The summed E-state index contributed by atoms with van der Waals surface area (Å²) in [6, 6.07) is 6.25. The highest BCUT2D eigenvalue weighted by molar-refractivity contribution is 14.1. The molecule has 0 saturated heterocycles. The average molecular weight is 426 g/mol. The summed E-state index contributed by atoms with van der Waals surface area (Å²) >= 11 is 1.99. The fourth-order valence-electron chi connectivity index (χ4n) is 2.17. The van der Waals surface area contributed by atoms with Crippen LogP contribution in [0.15, 0.2) is 34.9 Å². The van der Waals surface area contributed by atoms with E-state index >= 15 is 0 Å². The maximum absolute atomic E-state index is 12.6. The second-order valence-electron chi connectivity index (χ2n) is 4.68. The van der Waals surface area contributed by atoms with Crippen molar-refractivity contribution in [2.75, 3.05) is 6.61 Å². The van der Waals surface area contributed by atoms with Crippen molar-refractivity contribution < 1.29 is 23.5 Å². The van der Waals surface area contributed by atoms with Crippen LogP contribution in [0.25, 0.3) is 0 Å². The molecule has 0 N–H and O–H groups in total. The summed E-state index contributed by atoms with van der Waals surface area (Å²) < 4.78 is 10.8. The lowest BCUT2D eigenvalue weighted by Gasteiger charge is -2.12. The van der Waals surface area contributed by atoms with Crippen LogP contribution in [0.3, 0.4) is 0 Å². The van der Waals surface area contributed by atoms with Crippen LogP contribution in [0, 0.1) is 3.57 Å². The van der Waals surface area contributed by atoms with E-state index < -0.39 is 11.8 Å². The molecule has 0 aliphatic rings. The summed E-state index contributed by atoms with van der Waals surface area (Å²) in [5, 5.41) is 0. The molecule has 0 radical (unpaired) electrons. The van der Waals surface area contributed by atoms with Gasteiger partial charge in [0.1, 0.15) is 0 Å². The number of benzene rings is 1. The van der Waals surface area contributed by atoms with E-state index in [1.165, 1.54) is 12.3 Å². The molecule has 5 nitrogen and oxygen atoms in total. The number of ether oxygens (including phenoxy) is 1. The van der Waals surface area contributed by atoms with Crippen molar-refractivity contribution in [3.63, 3.8) is 0 Å². The fraction of sp³-hybridized carbons (Fsp3) is 0.235. The SMILES string of the molecule is CCOC(=O)c1cc(I)cc(C(=O)c2ccco2)c1C(=O)CC. The van der Waals surface area contributed by atoms with Gasteiger partial charge in [-0.1, -0.05) is 6.92 Å². The maximum Gasteiger partial charge on any atom is 0.338 e. The molecule has 0 amide bonds. The Hall–Kier alpha value is -1.96. The molecule has 0 atom stereocenters. The molecule has 2 aromatic rings. The summed E-state index contributed by atoms with van der Waals surface area (Å²) in [6.07, 6.45) is 1.56. The molecule has 1 heterocycles. The summed E-state index contributed by atoms with van der Waals surface area (Å²) in [5.41, 5.74) is 0.357. The predicted molar refractivity (Wildman–Crippen MR) is 91.9 cm³/mol. The zero-order valence-electron chi connectivity index (χ0n) is 12.7. The Morgan fingerprint density at radius 2 is 1.87 bits per heavy atom. The van der Waals surface area contributed by atoms with Crippen LogP contribution in [0.4, 0.5) is 0 Å². The first-order valence-electron chi connectivity index (χ1n) is 7.11. The summed E-state index contributed by atoms with van der Waals surface area (Å²) in [7, 11) is 0. The van der Waals surface area contributed by atoms with Crippen molar-refractivity contribution in [3.05, 3.63) is 56.5 Å². The van der Waals surface area contributed by atoms with Crippen molar-refractivity contribution in [1.29, 1.82) is 0 Å². The van der Waals surface area contributed by atoms with Gasteiger partial charge < -0.3 is 9.15 Å². The van der Waals surface area contributed by atoms with Gasteiger partial charge in [-0.3, -0.25) is 9.59 Å². The Morgan fingerprint density at radius 1 is 1.17 bits per heavy atom. The van der Waals surface area contributed by atoms with Crippen LogP contribution in [0.2, 0.25) is 0 Å². The van der Waals surface area contributed by atoms with Gasteiger partial charge in [-0.25, -0.2) is 4.79 Å². The van der Waals surface area contributed by atoms with Crippen LogP contribution < -0.4 is 0 Å². The summed E-state index contributed by atoms with van der Waals surface area (Å²) in [6.45, 7) is 3.55. The third kappa shape index (κ3) is 3.69. The number of carbonyl (C=O) groups excluding carboxylic acids is 3. The number of rotatable bonds is 6. The van der Waals surface area contributed by atoms with Crippen LogP contribution >= 0.6 is 22.6 Å². The Balaban J connectivity index is 2.67. The monoisotopic (exact) mass is 426 g/mol. The largest absolute Gasteiger partial charge is 0.462 e. The molecule has 1 aromatic heterocycles. The molecule has 1 aromatic carbocycles. The first-order valence-corrected chi connectivity index (χ1v) is 8.19. The minimum Gasteiger partial charge on any atom is -0.462 e. The lowest BCUT2D eigenvalue weighted by molar-refractivity contribution is 0.0523. The second kappa shape index (κ2) is 7.54. The second-order valence-corrected chi connectivity index (χ2v) is 5.93. The predicted octanol–water partition coefficient (Wildman–Crippen LogP) is 3.88. The molecule has 0 aliphatic carbocycles. The first-order chi connectivity index (χ1) is 11.0. The highest BCUT2D eigenvalue weighted by Crippen LogP contribution is 2.25. The molecular weight excluding hydrogens is 411 g/mol. The number of Topliss-reactive ketones (excluding diaryl/α,β-unsaturated/α-hetero) is 1. The van der Waals surface area contributed by atoms with Crippen molar-refractivity contribution >= 4 is 40.1 Å². The molecule has 6 heteroatoms. The smallest absolute Gasteiger partial charge is 0.338 e. The number of furan rings is 1. The highest BCUT2D eigenvalue weighted by Gasteiger charge is 2.26. The van der Waals surface area contributed by atoms with Gasteiger partial charge in [-0.2, -0.15) is 0 Å². The van der Waals surface area contributed by atoms with Gasteiger partial charge in [0.05, 0.1) is 18.4 Å². The number of halogens is 1. The highest BCUT2D eigenvalue weighted by atomic mass is 127. The molecule has 2 rings (SSSR count). The van der Waals surface area contributed by atoms with E-state index in [0.29, 0.717) is 3.57 Å².